The highest BCUT2D eigenvalue weighted by atomic mass is 16.5. The van der Waals surface area contributed by atoms with Gasteiger partial charge in [-0.25, -0.2) is 14.8 Å². The zero-order chi connectivity index (χ0) is 20.7. The van der Waals surface area contributed by atoms with Gasteiger partial charge in [0.25, 0.3) is 0 Å². The third-order valence-electron chi connectivity index (χ3n) is 6.43. The van der Waals surface area contributed by atoms with Crippen molar-refractivity contribution in [2.45, 2.75) is 18.9 Å². The lowest BCUT2D eigenvalue weighted by molar-refractivity contribution is 0.218. The number of pyridine rings is 1. The fourth-order valence-corrected chi connectivity index (χ4v) is 4.86. The number of fused-ring (bicyclic) bond motifs is 2. The predicted octanol–water partition coefficient (Wildman–Crippen LogP) is 2.74. The molecular weight excluding hydrogens is 382 g/mol. The van der Waals surface area contributed by atoms with E-state index < -0.39 is 0 Å². The number of anilines is 2. The van der Waals surface area contributed by atoms with Crippen LogP contribution in [0.2, 0.25) is 0 Å². The van der Waals surface area contributed by atoms with E-state index in [0.717, 1.165) is 42.8 Å². The molecule has 0 radical (unpaired) electrons. The van der Waals surface area contributed by atoms with E-state index in [4.69, 9.17) is 4.74 Å². The monoisotopic (exact) mass is 407 g/mol. The molecule has 2 fully saturated rings. The molecule has 156 valence electrons. The van der Waals surface area contributed by atoms with Crippen LogP contribution in [0.1, 0.15) is 12.8 Å². The Bertz CT molecular complexity index is 1050. The summed E-state index contributed by atoms with van der Waals surface area (Å²) in [5.41, 5.74) is 1.51. The minimum Gasteiger partial charge on any atom is -0.495 e. The molecule has 2 amide bonds. The summed E-state index contributed by atoms with van der Waals surface area (Å²) in [6, 6.07) is 4.14. The zero-order valence-corrected chi connectivity index (χ0v) is 17.1. The van der Waals surface area contributed by atoms with Crippen LogP contribution in [0, 0.1) is 11.8 Å². The smallest absolute Gasteiger partial charge is 0.321 e. The van der Waals surface area contributed by atoms with Gasteiger partial charge in [-0.15, -0.1) is 0 Å². The number of carbonyl (C=O) groups excluding carboxylic acids is 1. The number of amides is 2. The third-order valence-corrected chi connectivity index (χ3v) is 6.43. The van der Waals surface area contributed by atoms with Gasteiger partial charge in [-0.2, -0.15) is 0 Å². The maximum absolute atomic E-state index is 12.7. The number of urea groups is 1. The van der Waals surface area contributed by atoms with Crippen LogP contribution in [0.4, 0.5) is 16.3 Å². The van der Waals surface area contributed by atoms with Crippen LogP contribution in [0.3, 0.4) is 0 Å². The molecule has 4 heterocycles. The normalized spacial score (nSPS) is 22.9. The SMILES string of the molecule is COc1cncc(NC(=O)N2C[C@H]3C[C@@H](N(C)c4ncnc5[nH]ccc45)C[C@H]3C2)c1. The Morgan fingerprint density at radius 1 is 1.27 bits per heavy atom. The van der Waals surface area contributed by atoms with E-state index in [1.165, 1.54) is 0 Å². The van der Waals surface area contributed by atoms with Crippen molar-refractivity contribution >= 4 is 28.6 Å². The molecule has 0 bridgehead atoms. The molecule has 1 saturated carbocycles. The molecule has 3 aromatic rings. The molecule has 1 saturated heterocycles. The maximum Gasteiger partial charge on any atom is 0.321 e. The maximum atomic E-state index is 12.7. The summed E-state index contributed by atoms with van der Waals surface area (Å²) in [7, 11) is 3.70. The minimum atomic E-state index is -0.0748. The quantitative estimate of drug-likeness (QED) is 0.690. The number of aromatic nitrogens is 4. The number of nitrogens with zero attached hydrogens (tertiary/aromatic N) is 5. The zero-order valence-electron chi connectivity index (χ0n) is 17.1. The van der Waals surface area contributed by atoms with Crippen molar-refractivity contribution in [1.29, 1.82) is 0 Å². The number of rotatable bonds is 4. The van der Waals surface area contributed by atoms with Gasteiger partial charge in [-0.1, -0.05) is 0 Å². The molecule has 1 aliphatic carbocycles. The number of nitrogens with one attached hydrogen (secondary N) is 2. The lowest BCUT2D eigenvalue weighted by Crippen LogP contribution is -2.36. The van der Waals surface area contributed by atoms with Crippen molar-refractivity contribution in [2.75, 3.05) is 37.5 Å². The first kappa shape index (κ1) is 18.7. The van der Waals surface area contributed by atoms with Crippen molar-refractivity contribution in [1.82, 2.24) is 24.8 Å². The average molecular weight is 407 g/mol. The van der Waals surface area contributed by atoms with Gasteiger partial charge in [0.1, 0.15) is 23.5 Å². The van der Waals surface area contributed by atoms with Gasteiger partial charge in [-0.3, -0.25) is 4.98 Å². The number of hydrogen-bond acceptors (Lipinski definition) is 6. The number of ether oxygens (including phenoxy) is 1. The van der Waals surface area contributed by atoms with Crippen molar-refractivity contribution in [3.63, 3.8) is 0 Å². The molecule has 3 aromatic heterocycles. The Morgan fingerprint density at radius 3 is 2.83 bits per heavy atom. The highest BCUT2D eigenvalue weighted by Crippen LogP contribution is 2.41. The number of aromatic amines is 1. The van der Waals surface area contributed by atoms with Crippen LogP contribution in [0.5, 0.6) is 5.75 Å². The van der Waals surface area contributed by atoms with E-state index in [0.29, 0.717) is 29.3 Å². The lowest BCUT2D eigenvalue weighted by atomic mass is 10.0. The van der Waals surface area contributed by atoms with Gasteiger partial charge in [0.05, 0.1) is 30.6 Å². The molecule has 3 atom stereocenters. The second kappa shape index (κ2) is 7.47. The van der Waals surface area contributed by atoms with Crippen molar-refractivity contribution in [3.8, 4) is 5.75 Å². The summed E-state index contributed by atoms with van der Waals surface area (Å²) < 4.78 is 5.17. The van der Waals surface area contributed by atoms with Gasteiger partial charge in [0.2, 0.25) is 0 Å². The fourth-order valence-electron chi connectivity index (χ4n) is 4.86. The highest BCUT2D eigenvalue weighted by molar-refractivity contribution is 5.89. The first-order valence-corrected chi connectivity index (χ1v) is 10.2. The van der Waals surface area contributed by atoms with Gasteiger partial charge in [0.15, 0.2) is 0 Å². The van der Waals surface area contributed by atoms with Gasteiger partial charge >= 0.3 is 6.03 Å². The Balaban J connectivity index is 1.22. The second-order valence-corrected chi connectivity index (χ2v) is 8.14. The molecule has 1 aliphatic heterocycles. The van der Waals surface area contributed by atoms with Crippen LogP contribution in [0.25, 0.3) is 11.0 Å². The average Bonchev–Trinajstić information content (AvgIpc) is 3.47. The number of carbonyl (C=O) groups is 1. The molecule has 5 rings (SSSR count). The number of H-pyrrole nitrogens is 1. The molecule has 30 heavy (non-hydrogen) atoms. The number of hydrogen-bond donors (Lipinski definition) is 2. The lowest BCUT2D eigenvalue weighted by Gasteiger charge is -2.28. The molecular formula is C21H25N7O2. The van der Waals surface area contributed by atoms with Crippen LogP contribution in [0.15, 0.2) is 37.1 Å². The van der Waals surface area contributed by atoms with E-state index in [-0.39, 0.29) is 6.03 Å². The van der Waals surface area contributed by atoms with E-state index in [1.54, 1.807) is 31.9 Å². The Morgan fingerprint density at radius 2 is 2.07 bits per heavy atom. The van der Waals surface area contributed by atoms with E-state index >= 15 is 0 Å². The van der Waals surface area contributed by atoms with Crippen LogP contribution in [-0.2, 0) is 0 Å². The number of methoxy groups -OCH3 is 1. The molecule has 9 heteroatoms. The topological polar surface area (TPSA) is 99.3 Å². The van der Waals surface area contributed by atoms with Crippen LogP contribution >= 0.6 is 0 Å². The standard InChI is InChI=1S/C21H25N7O2/c1-27(20-18-3-4-23-19(18)24-12-25-20)16-5-13-10-28(11-14(13)6-16)21(29)26-15-7-17(30-2)9-22-8-15/h3-4,7-9,12-14,16H,5-6,10-11H2,1-2H3,(H,26,29)(H,23,24,25)/t13-,14+,16-. The summed E-state index contributed by atoms with van der Waals surface area (Å²) in [5.74, 6) is 2.61. The van der Waals surface area contributed by atoms with Gasteiger partial charge in [0, 0.05) is 38.4 Å². The molecule has 0 aromatic carbocycles. The highest BCUT2D eigenvalue weighted by Gasteiger charge is 2.44. The van der Waals surface area contributed by atoms with Gasteiger partial charge < -0.3 is 24.8 Å². The van der Waals surface area contributed by atoms with E-state index in [2.05, 4.69) is 37.2 Å². The summed E-state index contributed by atoms with van der Waals surface area (Å²) in [6.07, 6.45) is 8.87. The number of likely N-dealkylation sites (tertiary alicyclic amines) is 1. The first-order valence-electron chi connectivity index (χ1n) is 10.2. The van der Waals surface area contributed by atoms with E-state index in [9.17, 15) is 4.79 Å². The predicted molar refractivity (Wildman–Crippen MR) is 114 cm³/mol. The van der Waals surface area contributed by atoms with E-state index in [1.807, 2.05) is 17.2 Å². The largest absolute Gasteiger partial charge is 0.495 e. The van der Waals surface area contributed by atoms with Crippen molar-refractivity contribution in [3.05, 3.63) is 37.1 Å². The Hall–Kier alpha value is -3.36. The summed E-state index contributed by atoms with van der Waals surface area (Å²) in [5, 5.41) is 3.98. The minimum absolute atomic E-state index is 0.0748. The molecule has 2 aliphatic rings. The van der Waals surface area contributed by atoms with Crippen LogP contribution in [-0.4, -0.2) is 64.2 Å². The van der Waals surface area contributed by atoms with Crippen molar-refractivity contribution in [2.24, 2.45) is 11.8 Å². The molecule has 0 spiro atoms. The molecule has 0 unspecified atom stereocenters. The first-order chi connectivity index (χ1) is 14.6. The fraction of sp³-hybridized carbons (Fsp3) is 0.429. The Kier molecular flexibility index (Phi) is 4.65. The van der Waals surface area contributed by atoms with Crippen LogP contribution < -0.4 is 15.0 Å². The molecule has 9 nitrogen and oxygen atoms in total. The third kappa shape index (κ3) is 3.30. The summed E-state index contributed by atoms with van der Waals surface area (Å²) in [6.45, 7) is 1.56. The van der Waals surface area contributed by atoms with Gasteiger partial charge in [-0.05, 0) is 30.7 Å². The summed E-state index contributed by atoms with van der Waals surface area (Å²) >= 11 is 0. The van der Waals surface area contributed by atoms with Crippen molar-refractivity contribution < 1.29 is 9.53 Å². The second-order valence-electron chi connectivity index (χ2n) is 8.14. The Labute approximate surface area is 174 Å². The summed E-state index contributed by atoms with van der Waals surface area (Å²) in [4.78, 5) is 33.0. The molecule has 2 N–H and O–H groups in total.